The molecule has 0 amide bonds. The van der Waals surface area contributed by atoms with E-state index in [1.807, 2.05) is 41.1 Å². The third kappa shape index (κ3) is 5.95. The molecule has 0 aromatic carbocycles. The van der Waals surface area contributed by atoms with Gasteiger partial charge in [-0.1, -0.05) is 13.0 Å². The monoisotopic (exact) mass is 367 g/mol. The fraction of sp³-hybridized carbons (Fsp3) is 0.368. The smallest absolute Gasteiger partial charge is 0.191 e. The fourth-order valence-electron chi connectivity index (χ4n) is 2.62. The van der Waals surface area contributed by atoms with Crippen molar-refractivity contribution in [2.24, 2.45) is 4.99 Å². The number of rotatable bonds is 9. The first-order valence-corrected chi connectivity index (χ1v) is 9.16. The van der Waals surface area contributed by atoms with Crippen LogP contribution in [0.5, 0.6) is 0 Å². The molecule has 0 aliphatic heterocycles. The number of hydrogen-bond acceptors (Lipinski definition) is 5. The van der Waals surface area contributed by atoms with E-state index in [9.17, 15) is 0 Å². The van der Waals surface area contributed by atoms with Gasteiger partial charge in [0, 0.05) is 44.4 Å². The van der Waals surface area contributed by atoms with Gasteiger partial charge in [0.15, 0.2) is 5.96 Å². The molecule has 0 saturated heterocycles. The number of aromatic nitrogens is 4. The summed E-state index contributed by atoms with van der Waals surface area (Å²) in [4.78, 5) is 8.94. The number of nitrogens with zero attached hydrogens (tertiary/aromatic N) is 5. The van der Waals surface area contributed by atoms with Crippen molar-refractivity contribution in [2.45, 2.75) is 32.9 Å². The molecule has 0 atom stereocenters. The average molecular weight is 367 g/mol. The lowest BCUT2D eigenvalue weighted by Crippen LogP contribution is -2.40. The molecular weight excluding hydrogens is 342 g/mol. The van der Waals surface area contributed by atoms with E-state index < -0.39 is 0 Å². The molecule has 27 heavy (non-hydrogen) atoms. The van der Waals surface area contributed by atoms with Gasteiger partial charge in [-0.2, -0.15) is 0 Å². The van der Waals surface area contributed by atoms with Crippen molar-refractivity contribution in [3.05, 3.63) is 66.4 Å². The van der Waals surface area contributed by atoms with Crippen molar-refractivity contribution < 1.29 is 4.42 Å². The minimum atomic E-state index is 0.485. The Bertz CT molecular complexity index is 812. The Kier molecular flexibility index (Phi) is 6.97. The van der Waals surface area contributed by atoms with Crippen molar-refractivity contribution in [1.29, 1.82) is 0 Å². The predicted molar refractivity (Wildman–Crippen MR) is 103 cm³/mol. The van der Waals surface area contributed by atoms with Crippen LogP contribution < -0.4 is 10.6 Å². The molecule has 3 rings (SSSR count). The first-order valence-electron chi connectivity index (χ1n) is 9.16. The summed E-state index contributed by atoms with van der Waals surface area (Å²) >= 11 is 0. The van der Waals surface area contributed by atoms with Gasteiger partial charge in [-0.15, -0.1) is 10.2 Å². The highest BCUT2D eigenvalue weighted by atomic mass is 16.3. The quantitative estimate of drug-likeness (QED) is 0.443. The van der Waals surface area contributed by atoms with E-state index in [-0.39, 0.29) is 0 Å². The molecule has 3 aromatic heterocycles. The summed E-state index contributed by atoms with van der Waals surface area (Å²) < 4.78 is 7.40. The lowest BCUT2D eigenvalue weighted by molar-refractivity contribution is 0.511. The van der Waals surface area contributed by atoms with Crippen molar-refractivity contribution in [3.63, 3.8) is 0 Å². The summed E-state index contributed by atoms with van der Waals surface area (Å²) in [5.41, 5.74) is 1.05. The molecule has 0 aliphatic rings. The Morgan fingerprint density at radius 1 is 1.19 bits per heavy atom. The van der Waals surface area contributed by atoms with Gasteiger partial charge in [0.05, 0.1) is 6.26 Å². The summed E-state index contributed by atoms with van der Waals surface area (Å²) in [6.45, 7) is 4.80. The lowest BCUT2D eigenvalue weighted by atomic mass is 10.3. The maximum Gasteiger partial charge on any atom is 0.191 e. The molecule has 142 valence electrons. The Labute approximate surface area is 158 Å². The van der Waals surface area contributed by atoms with Crippen LogP contribution in [-0.4, -0.2) is 38.8 Å². The highest BCUT2D eigenvalue weighted by molar-refractivity contribution is 5.79. The van der Waals surface area contributed by atoms with E-state index >= 15 is 0 Å². The summed E-state index contributed by atoms with van der Waals surface area (Å²) in [6.07, 6.45) is 6.92. The SMILES string of the molecule is CCc1nncn1CCNC(=NCc1ccco1)NCCc1ccccn1. The number of aryl methyl sites for hydroxylation is 1. The zero-order chi connectivity index (χ0) is 18.7. The van der Waals surface area contributed by atoms with Gasteiger partial charge >= 0.3 is 0 Å². The van der Waals surface area contributed by atoms with Crippen LogP contribution in [0.2, 0.25) is 0 Å². The molecular formula is C19H25N7O. The molecule has 0 aliphatic carbocycles. The van der Waals surface area contributed by atoms with Gasteiger partial charge in [-0.25, -0.2) is 4.99 Å². The summed E-state index contributed by atoms with van der Waals surface area (Å²) in [6, 6.07) is 9.72. The van der Waals surface area contributed by atoms with E-state index in [1.165, 1.54) is 0 Å². The fourth-order valence-corrected chi connectivity index (χ4v) is 2.62. The molecule has 0 bridgehead atoms. The molecule has 0 saturated carbocycles. The Hall–Kier alpha value is -3.16. The van der Waals surface area contributed by atoms with E-state index in [0.29, 0.717) is 6.54 Å². The zero-order valence-corrected chi connectivity index (χ0v) is 15.5. The Morgan fingerprint density at radius 2 is 2.11 bits per heavy atom. The number of hydrogen-bond donors (Lipinski definition) is 2. The van der Waals surface area contributed by atoms with E-state index in [0.717, 1.165) is 55.7 Å². The van der Waals surface area contributed by atoms with Crippen LogP contribution in [0.25, 0.3) is 0 Å². The summed E-state index contributed by atoms with van der Waals surface area (Å²) in [7, 11) is 0. The van der Waals surface area contributed by atoms with E-state index in [4.69, 9.17) is 4.42 Å². The van der Waals surface area contributed by atoms with Gasteiger partial charge in [0.1, 0.15) is 24.5 Å². The van der Waals surface area contributed by atoms with Gasteiger partial charge in [0.2, 0.25) is 0 Å². The van der Waals surface area contributed by atoms with Crippen LogP contribution in [0.15, 0.2) is 58.5 Å². The number of pyridine rings is 1. The van der Waals surface area contributed by atoms with Crippen molar-refractivity contribution in [2.75, 3.05) is 13.1 Å². The van der Waals surface area contributed by atoms with E-state index in [2.05, 4.69) is 37.7 Å². The highest BCUT2D eigenvalue weighted by Gasteiger charge is 2.04. The second-order valence-electron chi connectivity index (χ2n) is 5.96. The van der Waals surface area contributed by atoms with Crippen LogP contribution in [0.3, 0.4) is 0 Å². The molecule has 2 N–H and O–H groups in total. The topological polar surface area (TPSA) is 93.2 Å². The summed E-state index contributed by atoms with van der Waals surface area (Å²) in [5, 5.41) is 14.8. The molecule has 8 nitrogen and oxygen atoms in total. The van der Waals surface area contributed by atoms with Crippen molar-refractivity contribution in [1.82, 2.24) is 30.4 Å². The number of nitrogens with one attached hydrogen (secondary N) is 2. The molecule has 3 heterocycles. The van der Waals surface area contributed by atoms with E-state index in [1.54, 1.807) is 12.6 Å². The van der Waals surface area contributed by atoms with Gasteiger partial charge in [0.25, 0.3) is 0 Å². The van der Waals surface area contributed by atoms with Crippen LogP contribution in [0, 0.1) is 0 Å². The molecule has 0 spiro atoms. The second-order valence-corrected chi connectivity index (χ2v) is 5.96. The molecule has 0 unspecified atom stereocenters. The standard InChI is InChI=1S/C19H25N7O/c1-2-18-25-24-15-26(18)12-11-22-19(23-14-17-7-5-13-27-17)21-10-8-16-6-3-4-9-20-16/h3-7,9,13,15H,2,8,10-12,14H2,1H3,(H2,21,22,23). The number of furan rings is 1. The molecule has 8 heteroatoms. The van der Waals surface area contributed by atoms with Gasteiger partial charge < -0.3 is 19.6 Å². The molecule has 0 fully saturated rings. The highest BCUT2D eigenvalue weighted by Crippen LogP contribution is 2.01. The first-order chi connectivity index (χ1) is 13.3. The van der Waals surface area contributed by atoms with Crippen molar-refractivity contribution >= 4 is 5.96 Å². The first kappa shape index (κ1) is 18.6. The zero-order valence-electron chi connectivity index (χ0n) is 15.5. The summed E-state index contributed by atoms with van der Waals surface area (Å²) in [5.74, 6) is 2.55. The van der Waals surface area contributed by atoms with Crippen LogP contribution in [0.1, 0.15) is 24.2 Å². The largest absolute Gasteiger partial charge is 0.467 e. The number of guanidine groups is 1. The minimum absolute atomic E-state index is 0.485. The maximum absolute atomic E-state index is 5.36. The van der Waals surface area contributed by atoms with Crippen molar-refractivity contribution in [3.8, 4) is 0 Å². The second kappa shape index (κ2) is 10.1. The van der Waals surface area contributed by atoms with Crippen LogP contribution in [-0.2, 0) is 25.9 Å². The Morgan fingerprint density at radius 3 is 2.89 bits per heavy atom. The third-order valence-corrected chi connectivity index (χ3v) is 4.03. The normalized spacial score (nSPS) is 11.5. The van der Waals surface area contributed by atoms with Crippen LogP contribution in [0.4, 0.5) is 0 Å². The average Bonchev–Trinajstić information content (AvgIpc) is 3.38. The predicted octanol–water partition coefficient (Wildman–Crippen LogP) is 1.81. The number of aliphatic imine (C=N–C) groups is 1. The molecule has 0 radical (unpaired) electrons. The Balaban J connectivity index is 1.52. The third-order valence-electron chi connectivity index (χ3n) is 4.03. The maximum atomic E-state index is 5.36. The van der Waals surface area contributed by atoms with Gasteiger partial charge in [-0.05, 0) is 24.3 Å². The molecule has 3 aromatic rings. The lowest BCUT2D eigenvalue weighted by Gasteiger charge is -2.13. The van der Waals surface area contributed by atoms with Gasteiger partial charge in [-0.3, -0.25) is 4.98 Å². The van der Waals surface area contributed by atoms with Crippen LogP contribution >= 0.6 is 0 Å². The minimum Gasteiger partial charge on any atom is -0.467 e.